The van der Waals surface area contributed by atoms with Crippen LogP contribution in [0.1, 0.15) is 0 Å². The summed E-state index contributed by atoms with van der Waals surface area (Å²) in [4.78, 5) is 8.11. The molecule has 0 aliphatic carbocycles. The van der Waals surface area contributed by atoms with Crippen LogP contribution < -0.4 is 10.6 Å². The minimum absolute atomic E-state index is 0.0115. The number of para-hydroxylation sites is 2. The van der Waals surface area contributed by atoms with Crippen molar-refractivity contribution in [3.05, 3.63) is 79.4 Å². The summed E-state index contributed by atoms with van der Waals surface area (Å²) in [6, 6.07) is 19.3. The topological polar surface area (TPSA) is 81.8 Å². The summed E-state index contributed by atoms with van der Waals surface area (Å²) in [5, 5.41) is 7.63. The van der Waals surface area contributed by atoms with Gasteiger partial charge in [-0.15, -0.1) is 0 Å². The van der Waals surface area contributed by atoms with E-state index >= 15 is 0 Å². The van der Waals surface area contributed by atoms with Crippen molar-refractivity contribution < 1.29 is 0 Å². The van der Waals surface area contributed by atoms with Crippen LogP contribution in [0.2, 0.25) is 0 Å². The van der Waals surface area contributed by atoms with Crippen LogP contribution in [0.5, 0.6) is 0 Å². The summed E-state index contributed by atoms with van der Waals surface area (Å²) < 4.78 is 0. The van der Waals surface area contributed by atoms with Gasteiger partial charge in [-0.1, -0.05) is 36.4 Å². The average Bonchev–Trinajstić information content (AvgIpc) is 3.09. The number of imidazole rings is 1. The molecule has 0 bridgehead atoms. The van der Waals surface area contributed by atoms with Crippen LogP contribution in [0.4, 0.5) is 11.4 Å². The quantitative estimate of drug-likeness (QED) is 0.498. The molecule has 0 aliphatic rings. The number of guanidine groups is 1. The fourth-order valence-electron chi connectivity index (χ4n) is 1.80. The Bertz CT molecular complexity index is 578. The minimum atomic E-state index is 0.0115. The molecule has 5 nitrogen and oxygen atoms in total. The van der Waals surface area contributed by atoms with Crippen molar-refractivity contribution in [2.45, 2.75) is 0 Å². The second-order valence-corrected chi connectivity index (χ2v) is 4.15. The van der Waals surface area contributed by atoms with Crippen LogP contribution >= 0.6 is 0 Å². The number of H-pyrrole nitrogens is 1. The van der Waals surface area contributed by atoms with Crippen molar-refractivity contribution in [2.75, 3.05) is 4.90 Å². The number of hydrogen-bond donors (Lipinski definition) is 3. The van der Waals surface area contributed by atoms with Crippen molar-refractivity contribution in [1.82, 2.24) is 9.97 Å². The van der Waals surface area contributed by atoms with Gasteiger partial charge in [-0.25, -0.2) is 4.98 Å². The van der Waals surface area contributed by atoms with Gasteiger partial charge in [-0.2, -0.15) is 0 Å². The van der Waals surface area contributed by atoms with Crippen molar-refractivity contribution in [3.63, 3.8) is 0 Å². The largest absolute Gasteiger partial charge is 0.369 e. The van der Waals surface area contributed by atoms with Crippen molar-refractivity contribution >= 4 is 17.3 Å². The molecule has 106 valence electrons. The summed E-state index contributed by atoms with van der Waals surface area (Å²) >= 11 is 0. The zero-order valence-corrected chi connectivity index (χ0v) is 11.5. The van der Waals surface area contributed by atoms with Crippen molar-refractivity contribution in [1.29, 1.82) is 5.41 Å². The fourth-order valence-corrected chi connectivity index (χ4v) is 1.80. The third kappa shape index (κ3) is 4.21. The first-order chi connectivity index (χ1) is 10.3. The summed E-state index contributed by atoms with van der Waals surface area (Å²) in [6.07, 6.45) is 5.08. The number of rotatable bonds is 2. The molecular formula is C16H17N5. The van der Waals surface area contributed by atoms with E-state index in [1.165, 1.54) is 0 Å². The number of aromatic amines is 1. The third-order valence-electron chi connectivity index (χ3n) is 2.68. The van der Waals surface area contributed by atoms with E-state index in [0.717, 1.165) is 11.4 Å². The van der Waals surface area contributed by atoms with Crippen LogP contribution in [0.25, 0.3) is 0 Å². The minimum Gasteiger partial charge on any atom is -0.369 e. The lowest BCUT2D eigenvalue weighted by Crippen LogP contribution is -2.32. The molecule has 1 aromatic heterocycles. The molecule has 2 aromatic carbocycles. The highest BCUT2D eigenvalue weighted by Crippen LogP contribution is 2.23. The van der Waals surface area contributed by atoms with E-state index < -0.39 is 0 Å². The predicted octanol–water partition coefficient (Wildman–Crippen LogP) is 3.13. The van der Waals surface area contributed by atoms with Gasteiger partial charge in [0.25, 0.3) is 0 Å². The molecule has 3 rings (SSSR count). The SMILES string of the molecule is N=C(N)N(c1ccccc1)c1ccccc1.c1c[nH]cn1. The smallest absolute Gasteiger partial charge is 0.197 e. The first kappa shape index (κ1) is 14.3. The van der Waals surface area contributed by atoms with Crippen LogP contribution in [0.3, 0.4) is 0 Å². The predicted molar refractivity (Wildman–Crippen MR) is 85.5 cm³/mol. The van der Waals surface area contributed by atoms with Gasteiger partial charge in [0.05, 0.1) is 6.33 Å². The highest BCUT2D eigenvalue weighted by atomic mass is 15.2. The number of hydrogen-bond acceptors (Lipinski definition) is 2. The monoisotopic (exact) mass is 279 g/mol. The standard InChI is InChI=1S/C13H13N3.C3H4N2/c14-13(15)16(11-7-3-1-4-8-11)12-9-5-2-6-10-12;1-2-5-3-4-1/h1-10H,(H3,14,15);1-3H,(H,4,5). The Morgan fingerprint density at radius 3 is 1.76 bits per heavy atom. The first-order valence-electron chi connectivity index (χ1n) is 6.46. The molecule has 0 fully saturated rings. The molecule has 4 N–H and O–H groups in total. The van der Waals surface area contributed by atoms with E-state index in [-0.39, 0.29) is 5.96 Å². The second kappa shape index (κ2) is 7.49. The van der Waals surface area contributed by atoms with E-state index in [1.54, 1.807) is 23.6 Å². The van der Waals surface area contributed by atoms with Crippen molar-refractivity contribution in [3.8, 4) is 0 Å². The number of nitrogens with zero attached hydrogens (tertiary/aromatic N) is 2. The Hall–Kier alpha value is -3.08. The highest BCUT2D eigenvalue weighted by molar-refractivity contribution is 5.99. The third-order valence-corrected chi connectivity index (χ3v) is 2.68. The zero-order chi connectivity index (χ0) is 14.9. The first-order valence-corrected chi connectivity index (χ1v) is 6.46. The second-order valence-electron chi connectivity index (χ2n) is 4.15. The van der Waals surface area contributed by atoms with E-state index in [1.807, 2.05) is 60.7 Å². The van der Waals surface area contributed by atoms with E-state index in [4.69, 9.17) is 11.1 Å². The molecule has 1 heterocycles. The van der Waals surface area contributed by atoms with Gasteiger partial charge in [0, 0.05) is 23.8 Å². The van der Waals surface area contributed by atoms with E-state index in [2.05, 4.69) is 9.97 Å². The molecule has 0 atom stereocenters. The lowest BCUT2D eigenvalue weighted by molar-refractivity contribution is 1.26. The Morgan fingerprint density at radius 2 is 1.48 bits per heavy atom. The molecule has 0 radical (unpaired) electrons. The van der Waals surface area contributed by atoms with Gasteiger partial charge in [-0.05, 0) is 24.3 Å². The highest BCUT2D eigenvalue weighted by Gasteiger charge is 2.10. The number of nitrogens with one attached hydrogen (secondary N) is 2. The molecule has 0 aliphatic heterocycles. The van der Waals surface area contributed by atoms with Crippen LogP contribution in [-0.2, 0) is 0 Å². The average molecular weight is 279 g/mol. The van der Waals surface area contributed by atoms with Crippen LogP contribution in [0.15, 0.2) is 79.4 Å². The Labute approximate surface area is 123 Å². The summed E-state index contributed by atoms with van der Waals surface area (Å²) in [7, 11) is 0. The maximum absolute atomic E-state index is 7.63. The lowest BCUT2D eigenvalue weighted by atomic mass is 10.2. The molecule has 0 saturated carbocycles. The number of anilines is 2. The fraction of sp³-hybridized carbons (Fsp3) is 0. The van der Waals surface area contributed by atoms with Gasteiger partial charge >= 0.3 is 0 Å². The zero-order valence-electron chi connectivity index (χ0n) is 11.5. The van der Waals surface area contributed by atoms with Gasteiger partial charge < -0.3 is 10.7 Å². The number of benzene rings is 2. The molecule has 0 spiro atoms. The molecule has 21 heavy (non-hydrogen) atoms. The molecular weight excluding hydrogens is 262 g/mol. The summed E-state index contributed by atoms with van der Waals surface area (Å²) in [6.45, 7) is 0. The Balaban J connectivity index is 0.000000272. The normalized spacial score (nSPS) is 9.33. The van der Waals surface area contributed by atoms with E-state index in [0.29, 0.717) is 0 Å². The lowest BCUT2D eigenvalue weighted by Gasteiger charge is -2.22. The summed E-state index contributed by atoms with van der Waals surface area (Å²) in [5.74, 6) is 0.0115. The maximum Gasteiger partial charge on any atom is 0.197 e. The molecule has 0 amide bonds. The summed E-state index contributed by atoms with van der Waals surface area (Å²) in [5.41, 5.74) is 7.39. The molecule has 5 heteroatoms. The Kier molecular flexibility index (Phi) is 5.11. The molecule has 0 unspecified atom stereocenters. The molecule has 0 saturated heterocycles. The number of aromatic nitrogens is 2. The Morgan fingerprint density at radius 1 is 0.952 bits per heavy atom. The van der Waals surface area contributed by atoms with E-state index in [9.17, 15) is 0 Å². The van der Waals surface area contributed by atoms with Gasteiger partial charge in [-0.3, -0.25) is 10.3 Å². The van der Waals surface area contributed by atoms with Crippen LogP contribution in [-0.4, -0.2) is 15.9 Å². The van der Waals surface area contributed by atoms with Gasteiger partial charge in [0.15, 0.2) is 5.96 Å². The van der Waals surface area contributed by atoms with Crippen molar-refractivity contribution in [2.24, 2.45) is 5.73 Å². The van der Waals surface area contributed by atoms with Gasteiger partial charge in [0.1, 0.15) is 0 Å². The number of nitrogens with two attached hydrogens (primary N) is 1. The molecule has 3 aromatic rings. The van der Waals surface area contributed by atoms with Gasteiger partial charge in [0.2, 0.25) is 0 Å². The maximum atomic E-state index is 7.63. The van der Waals surface area contributed by atoms with Crippen LogP contribution in [0, 0.1) is 5.41 Å².